The summed E-state index contributed by atoms with van der Waals surface area (Å²) in [6.07, 6.45) is 3.10. The summed E-state index contributed by atoms with van der Waals surface area (Å²) in [5.74, 6) is 1.65. The second kappa shape index (κ2) is 4.97. The third kappa shape index (κ3) is 2.13. The third-order valence-corrected chi connectivity index (χ3v) is 3.46. The molecule has 4 nitrogen and oxygen atoms in total. The van der Waals surface area contributed by atoms with Crippen LogP contribution in [0, 0.1) is 6.92 Å². The fraction of sp³-hybridized carbons (Fsp3) is 0.750. The van der Waals surface area contributed by atoms with Gasteiger partial charge < -0.3 is 15.0 Å². The summed E-state index contributed by atoms with van der Waals surface area (Å²) in [6, 6.07) is 0. The second-order valence-electron chi connectivity index (χ2n) is 4.48. The lowest BCUT2D eigenvalue weighted by Gasteiger charge is -2.21. The van der Waals surface area contributed by atoms with Gasteiger partial charge in [-0.15, -0.1) is 0 Å². The normalized spacial score (nSPS) is 17.9. The van der Waals surface area contributed by atoms with E-state index in [4.69, 9.17) is 15.5 Å². The van der Waals surface area contributed by atoms with Gasteiger partial charge in [0.25, 0.3) is 0 Å². The number of ether oxygens (including phenoxy) is 1. The second-order valence-corrected chi connectivity index (χ2v) is 4.48. The molecule has 0 spiro atoms. The predicted octanol–water partition coefficient (Wildman–Crippen LogP) is 1.12. The fourth-order valence-electron chi connectivity index (χ4n) is 2.41. The third-order valence-electron chi connectivity index (χ3n) is 3.46. The van der Waals surface area contributed by atoms with Gasteiger partial charge in [-0.3, -0.25) is 0 Å². The van der Waals surface area contributed by atoms with Crippen LogP contribution in [-0.4, -0.2) is 29.3 Å². The molecule has 0 aromatic carbocycles. The van der Waals surface area contributed by atoms with Crippen molar-refractivity contribution in [1.29, 1.82) is 0 Å². The van der Waals surface area contributed by atoms with Gasteiger partial charge in [0.15, 0.2) is 0 Å². The van der Waals surface area contributed by atoms with Crippen molar-refractivity contribution < 1.29 is 4.74 Å². The number of aromatic nitrogens is 2. The van der Waals surface area contributed by atoms with E-state index < -0.39 is 0 Å². The summed E-state index contributed by atoms with van der Waals surface area (Å²) in [7, 11) is 2.08. The summed E-state index contributed by atoms with van der Waals surface area (Å²) in [6.45, 7) is 4.47. The molecule has 2 N–H and O–H groups in total. The molecule has 0 radical (unpaired) electrons. The smallest absolute Gasteiger partial charge is 0.105 e. The zero-order chi connectivity index (χ0) is 11.5. The number of hydrogen-bond acceptors (Lipinski definition) is 3. The molecular formula is C12H21N3O. The van der Waals surface area contributed by atoms with Crippen LogP contribution < -0.4 is 5.73 Å². The van der Waals surface area contributed by atoms with E-state index in [1.807, 2.05) is 0 Å². The summed E-state index contributed by atoms with van der Waals surface area (Å²) < 4.78 is 7.58. The van der Waals surface area contributed by atoms with Gasteiger partial charge in [-0.25, -0.2) is 4.98 Å². The first-order valence-corrected chi connectivity index (χ1v) is 6.04. The van der Waals surface area contributed by atoms with Crippen molar-refractivity contribution >= 4 is 0 Å². The molecule has 1 aromatic rings. The van der Waals surface area contributed by atoms with Crippen molar-refractivity contribution in [3.8, 4) is 0 Å². The summed E-state index contributed by atoms with van der Waals surface area (Å²) >= 11 is 0. The zero-order valence-electron chi connectivity index (χ0n) is 10.2. The number of imidazole rings is 1. The molecule has 1 fully saturated rings. The van der Waals surface area contributed by atoms with Crippen LogP contribution in [0.3, 0.4) is 0 Å². The Labute approximate surface area is 96.8 Å². The topological polar surface area (TPSA) is 53.1 Å². The predicted molar refractivity (Wildman–Crippen MR) is 63.5 cm³/mol. The molecule has 16 heavy (non-hydrogen) atoms. The van der Waals surface area contributed by atoms with E-state index in [1.165, 1.54) is 11.4 Å². The van der Waals surface area contributed by atoms with E-state index in [1.54, 1.807) is 0 Å². The summed E-state index contributed by atoms with van der Waals surface area (Å²) in [5, 5.41) is 0. The van der Waals surface area contributed by atoms with Gasteiger partial charge in [0, 0.05) is 38.3 Å². The number of aryl methyl sites for hydroxylation is 1. The molecule has 4 heteroatoms. The van der Waals surface area contributed by atoms with Gasteiger partial charge >= 0.3 is 0 Å². The van der Waals surface area contributed by atoms with Gasteiger partial charge in [0.1, 0.15) is 5.82 Å². The number of nitrogens with two attached hydrogens (primary N) is 1. The monoisotopic (exact) mass is 223 g/mol. The van der Waals surface area contributed by atoms with Crippen molar-refractivity contribution in [2.24, 2.45) is 12.8 Å². The standard InChI is InChI=1S/C12H21N3O/c1-9-14-12(10-4-7-16-8-5-10)11(3-6-13)15(9)2/h10H,3-8,13H2,1-2H3. The average Bonchev–Trinajstić information content (AvgIpc) is 2.59. The Bertz CT molecular complexity index is 353. The highest BCUT2D eigenvalue weighted by Gasteiger charge is 2.23. The molecule has 0 unspecified atom stereocenters. The van der Waals surface area contributed by atoms with E-state index in [0.29, 0.717) is 12.5 Å². The lowest BCUT2D eigenvalue weighted by Crippen LogP contribution is -2.17. The SMILES string of the molecule is Cc1nc(C2CCOCC2)c(CCN)n1C. The fourth-order valence-corrected chi connectivity index (χ4v) is 2.41. The number of rotatable bonds is 3. The molecule has 0 bridgehead atoms. The molecule has 1 saturated heterocycles. The van der Waals surface area contributed by atoms with Gasteiger partial charge in [-0.2, -0.15) is 0 Å². The van der Waals surface area contributed by atoms with Crippen LogP contribution >= 0.6 is 0 Å². The molecule has 1 aromatic heterocycles. The molecule has 2 heterocycles. The summed E-state index contributed by atoms with van der Waals surface area (Å²) in [5.41, 5.74) is 8.24. The Hall–Kier alpha value is -0.870. The minimum absolute atomic E-state index is 0.565. The van der Waals surface area contributed by atoms with Crippen molar-refractivity contribution in [2.75, 3.05) is 19.8 Å². The van der Waals surface area contributed by atoms with Crippen molar-refractivity contribution in [2.45, 2.75) is 32.1 Å². The lowest BCUT2D eigenvalue weighted by molar-refractivity contribution is 0.0843. The highest BCUT2D eigenvalue weighted by atomic mass is 16.5. The van der Waals surface area contributed by atoms with Crippen LogP contribution in [0.1, 0.15) is 36.0 Å². The zero-order valence-corrected chi connectivity index (χ0v) is 10.2. The van der Waals surface area contributed by atoms with E-state index in [2.05, 4.69) is 18.5 Å². The highest BCUT2D eigenvalue weighted by Crippen LogP contribution is 2.29. The Balaban J connectivity index is 2.27. The van der Waals surface area contributed by atoms with Crippen LogP contribution in [-0.2, 0) is 18.2 Å². The highest BCUT2D eigenvalue weighted by molar-refractivity contribution is 5.21. The van der Waals surface area contributed by atoms with Crippen LogP contribution in [0.4, 0.5) is 0 Å². The van der Waals surface area contributed by atoms with Crippen LogP contribution in [0.25, 0.3) is 0 Å². The number of nitrogens with zero attached hydrogens (tertiary/aromatic N) is 2. The molecule has 90 valence electrons. The maximum absolute atomic E-state index is 5.67. The van der Waals surface area contributed by atoms with Crippen molar-refractivity contribution in [3.05, 3.63) is 17.2 Å². The average molecular weight is 223 g/mol. The Kier molecular flexibility index (Phi) is 3.61. The Morgan fingerprint density at radius 2 is 2.12 bits per heavy atom. The molecule has 2 rings (SSSR count). The molecular weight excluding hydrogens is 202 g/mol. The number of hydrogen-bond donors (Lipinski definition) is 1. The van der Waals surface area contributed by atoms with E-state index in [0.717, 1.165) is 38.3 Å². The Morgan fingerprint density at radius 1 is 1.44 bits per heavy atom. The van der Waals surface area contributed by atoms with Crippen LogP contribution in [0.2, 0.25) is 0 Å². The van der Waals surface area contributed by atoms with Gasteiger partial charge in [-0.05, 0) is 26.3 Å². The first-order chi connectivity index (χ1) is 7.74. The maximum atomic E-state index is 5.67. The lowest BCUT2D eigenvalue weighted by atomic mass is 9.94. The largest absolute Gasteiger partial charge is 0.381 e. The van der Waals surface area contributed by atoms with Crippen molar-refractivity contribution in [3.63, 3.8) is 0 Å². The quantitative estimate of drug-likeness (QED) is 0.835. The van der Waals surface area contributed by atoms with Gasteiger partial charge in [0.2, 0.25) is 0 Å². The molecule has 1 aliphatic heterocycles. The van der Waals surface area contributed by atoms with Gasteiger partial charge in [-0.1, -0.05) is 0 Å². The molecule has 1 aliphatic rings. The molecule has 0 saturated carbocycles. The summed E-state index contributed by atoms with van der Waals surface area (Å²) in [4.78, 5) is 4.70. The van der Waals surface area contributed by atoms with Crippen molar-refractivity contribution in [1.82, 2.24) is 9.55 Å². The van der Waals surface area contributed by atoms with Crippen LogP contribution in [0.5, 0.6) is 0 Å². The van der Waals surface area contributed by atoms with Crippen LogP contribution in [0.15, 0.2) is 0 Å². The Morgan fingerprint density at radius 3 is 2.75 bits per heavy atom. The first kappa shape index (κ1) is 11.6. The minimum Gasteiger partial charge on any atom is -0.381 e. The minimum atomic E-state index is 0.565. The first-order valence-electron chi connectivity index (χ1n) is 6.04. The maximum Gasteiger partial charge on any atom is 0.105 e. The van der Waals surface area contributed by atoms with Gasteiger partial charge in [0.05, 0.1) is 5.69 Å². The van der Waals surface area contributed by atoms with E-state index >= 15 is 0 Å². The molecule has 0 amide bonds. The molecule has 0 atom stereocenters. The molecule has 0 aliphatic carbocycles. The van der Waals surface area contributed by atoms with E-state index in [-0.39, 0.29) is 0 Å². The van der Waals surface area contributed by atoms with E-state index in [9.17, 15) is 0 Å².